The molecule has 3 heterocycles. The smallest absolute Gasteiger partial charge is 0.313 e. The predicted molar refractivity (Wildman–Crippen MR) is 289 cm³/mol. The normalized spacial score (nSPS) is 36.0. The highest BCUT2D eigenvalue weighted by molar-refractivity contribution is 5.97. The van der Waals surface area contributed by atoms with Crippen LogP contribution in [0.3, 0.4) is 0 Å². The number of esters is 1. The predicted octanol–water partition coefficient (Wildman–Crippen LogP) is 4.01. The molecule has 0 aliphatic carbocycles. The Morgan fingerprint density at radius 3 is 1.92 bits per heavy atom. The standard InChI is InChI=1S/C59H81NO19/c1-35-18-15-13-11-9-7-5-6-8-10-12-14-16-21-46(77-58-55(72)54(71)53(70)38(4)76-58)31-50-52(57(73)74)49(68)34-59(75,79-50)33-45(65)29-44(64)28-43(63)27-41(61)19-17-20-42(62)30-51(69)78-56(35)37(3)26-36(2)47(66)32-48(67)39-22-24-40(60)25-23-39/h5-16,18,21-25,35-38,43-47,49-50,52-53,55-56,58,63-66,68,70,72,75H,17,19-20,26-34,60H2,1-4H3,(H,73,74)/b6-5+,9-7+,10-8+,13-11+,14-12+,18-15+,21-16+/t35-,36?,37?,38?,43+,44+,45+,46+,47+,49?,50?,52?,53?,55+,56?,58+,59+/m0/s1. The molecule has 11 N–H and O–H groups in total. The maximum absolute atomic E-state index is 13.3. The van der Waals surface area contributed by atoms with Crippen LogP contribution in [0, 0.1) is 23.7 Å². The molecule has 0 radical (unpaired) electrons. The van der Waals surface area contributed by atoms with Crippen LogP contribution in [0.25, 0.3) is 0 Å². The molecule has 1 aromatic carbocycles. The lowest BCUT2D eigenvalue weighted by atomic mass is 9.82. The number of Topliss-reactive ketones (excluding diaryl/α,β-unsaturated/α-hetero) is 4. The molecule has 1 aromatic rings. The van der Waals surface area contributed by atoms with Crippen molar-refractivity contribution in [2.75, 3.05) is 5.73 Å². The first-order chi connectivity index (χ1) is 37.4. The van der Waals surface area contributed by atoms with E-state index in [0.29, 0.717) is 17.7 Å². The van der Waals surface area contributed by atoms with Gasteiger partial charge in [-0.15, -0.1) is 0 Å². The highest BCUT2D eigenvalue weighted by Gasteiger charge is 2.51. The molecule has 0 spiro atoms. The van der Waals surface area contributed by atoms with Crippen molar-refractivity contribution in [2.45, 2.75) is 184 Å². The number of aliphatic hydroxyl groups excluding tert-OH is 7. The summed E-state index contributed by atoms with van der Waals surface area (Å²) < 4.78 is 23.4. The number of allylic oxidation sites excluding steroid dienone is 12. The highest BCUT2D eigenvalue weighted by atomic mass is 16.7. The van der Waals surface area contributed by atoms with Crippen LogP contribution in [0.1, 0.15) is 115 Å². The SMILES string of the molecule is CC(CC(C)[C@H](O)CC(=O)c1ccc(N)cc1)C1OC(=O)CC(=O)CCCC(=O)C[C@@H](O)C[C@@H](O)C[C@@H](O)C[C@]2(O)CC(O)C(C(=O)O)C(C[C@H](O[C@H]3OC(C)C(O)C(=O)[C@H]3O)/C=C/C=C/C=C/C=C/C=C/C=C/C=C/[C@@H]1C)O2. The zero-order valence-corrected chi connectivity index (χ0v) is 45.3. The fourth-order valence-electron chi connectivity index (χ4n) is 9.87. The van der Waals surface area contributed by atoms with Gasteiger partial charge in [-0.2, -0.15) is 0 Å². The van der Waals surface area contributed by atoms with Crippen molar-refractivity contribution in [1.82, 2.24) is 0 Å². The molecule has 20 heteroatoms. The van der Waals surface area contributed by atoms with Gasteiger partial charge in [-0.3, -0.25) is 28.8 Å². The van der Waals surface area contributed by atoms with Crippen molar-refractivity contribution >= 4 is 40.8 Å². The summed E-state index contributed by atoms with van der Waals surface area (Å²) in [7, 11) is 0. The molecule has 0 amide bonds. The summed E-state index contributed by atoms with van der Waals surface area (Å²) in [5, 5.41) is 97.2. The van der Waals surface area contributed by atoms with Crippen LogP contribution in [-0.2, 0) is 42.9 Å². The quantitative estimate of drug-likeness (QED) is 0.0685. The Labute approximate surface area is 461 Å². The summed E-state index contributed by atoms with van der Waals surface area (Å²) in [6.07, 6.45) is 3.62. The van der Waals surface area contributed by atoms with E-state index >= 15 is 0 Å². The number of carboxylic acid groups (broad SMARTS) is 1. The lowest BCUT2D eigenvalue weighted by Crippen LogP contribution is -2.57. The topological polar surface area (TPSA) is 347 Å². The van der Waals surface area contributed by atoms with Gasteiger partial charge in [0.1, 0.15) is 36.1 Å². The van der Waals surface area contributed by atoms with Gasteiger partial charge >= 0.3 is 11.9 Å². The van der Waals surface area contributed by atoms with Gasteiger partial charge in [0.25, 0.3) is 0 Å². The lowest BCUT2D eigenvalue weighted by Gasteiger charge is -2.44. The molecular weight excluding hydrogens is 1030 g/mol. The molecule has 2 saturated heterocycles. The van der Waals surface area contributed by atoms with Crippen LogP contribution in [0.2, 0.25) is 0 Å². The monoisotopic (exact) mass is 1110 g/mol. The first-order valence-corrected chi connectivity index (χ1v) is 26.9. The van der Waals surface area contributed by atoms with E-state index in [1.165, 1.54) is 19.1 Å². The third-order valence-electron chi connectivity index (χ3n) is 14.1. The van der Waals surface area contributed by atoms with E-state index in [4.69, 9.17) is 24.7 Å². The first-order valence-electron chi connectivity index (χ1n) is 26.9. The second kappa shape index (κ2) is 32.6. The molecule has 3 aliphatic rings. The minimum absolute atomic E-state index is 0.0589. The second-order valence-corrected chi connectivity index (χ2v) is 21.1. The van der Waals surface area contributed by atoms with E-state index < -0.39 is 153 Å². The fraction of sp³-hybridized carbons (Fsp3) is 0.559. The number of hydrogen-bond donors (Lipinski definition) is 10. The average Bonchev–Trinajstić information content (AvgIpc) is 3.38. The average molecular weight is 1110 g/mol. The number of hydrogen-bond acceptors (Lipinski definition) is 19. The van der Waals surface area contributed by atoms with E-state index in [9.17, 15) is 74.7 Å². The number of anilines is 1. The van der Waals surface area contributed by atoms with E-state index in [1.807, 2.05) is 19.9 Å². The van der Waals surface area contributed by atoms with E-state index in [-0.39, 0.29) is 55.6 Å². The zero-order chi connectivity index (χ0) is 58.4. The number of nitrogens with two attached hydrogens (primary N) is 1. The molecular formula is C59H81NO19. The number of rotatable bonds is 10. The number of nitrogen functional groups attached to an aromatic ring is 1. The number of carboxylic acids is 1. The summed E-state index contributed by atoms with van der Waals surface area (Å²) in [6, 6.07) is 6.42. The van der Waals surface area contributed by atoms with Crippen molar-refractivity contribution in [3.63, 3.8) is 0 Å². The van der Waals surface area contributed by atoms with Gasteiger partial charge in [0, 0.05) is 62.1 Å². The number of ether oxygens (including phenoxy) is 4. The molecule has 2 fully saturated rings. The van der Waals surface area contributed by atoms with Gasteiger partial charge in [-0.25, -0.2) is 0 Å². The van der Waals surface area contributed by atoms with E-state index in [0.717, 1.165) is 0 Å². The Morgan fingerprint density at radius 1 is 0.747 bits per heavy atom. The fourth-order valence-corrected chi connectivity index (χ4v) is 9.87. The van der Waals surface area contributed by atoms with Crippen molar-refractivity contribution in [1.29, 1.82) is 0 Å². The van der Waals surface area contributed by atoms with Crippen LogP contribution in [0.15, 0.2) is 109 Å². The molecule has 17 atom stereocenters. The lowest BCUT2D eigenvalue weighted by molar-refractivity contribution is -0.305. The summed E-state index contributed by atoms with van der Waals surface area (Å²) in [5.74, 6) is -9.47. The maximum Gasteiger partial charge on any atom is 0.313 e. The molecule has 0 saturated carbocycles. The van der Waals surface area contributed by atoms with E-state index in [1.54, 1.807) is 98.0 Å². The highest BCUT2D eigenvalue weighted by Crippen LogP contribution is 2.38. The third-order valence-corrected chi connectivity index (χ3v) is 14.1. The number of cyclic esters (lactones) is 1. The van der Waals surface area contributed by atoms with Crippen LogP contribution < -0.4 is 5.73 Å². The number of aliphatic carboxylic acids is 1. The zero-order valence-electron chi connectivity index (χ0n) is 45.3. The molecule has 3 aliphatic heterocycles. The summed E-state index contributed by atoms with van der Waals surface area (Å²) in [5.41, 5.74) is 6.68. The third kappa shape index (κ3) is 22.4. The summed E-state index contributed by atoms with van der Waals surface area (Å²) in [4.78, 5) is 77.2. The maximum atomic E-state index is 13.3. The largest absolute Gasteiger partial charge is 0.481 e. The Hall–Kier alpha value is -5.62. The van der Waals surface area contributed by atoms with Crippen molar-refractivity contribution in [3.8, 4) is 0 Å². The second-order valence-electron chi connectivity index (χ2n) is 21.1. The Bertz CT molecular complexity index is 2380. The van der Waals surface area contributed by atoms with Crippen LogP contribution in [-0.4, -0.2) is 160 Å². The number of benzene rings is 1. The Balaban J connectivity index is 1.54. The summed E-state index contributed by atoms with van der Waals surface area (Å²) in [6.45, 7) is 6.91. The van der Waals surface area contributed by atoms with Crippen molar-refractivity contribution < 1.29 is 93.7 Å². The van der Waals surface area contributed by atoms with E-state index in [2.05, 4.69) is 0 Å². The van der Waals surface area contributed by atoms with Crippen LogP contribution in [0.4, 0.5) is 5.69 Å². The molecule has 2 bridgehead atoms. The molecule has 436 valence electrons. The number of ketones is 4. The van der Waals surface area contributed by atoms with Crippen LogP contribution >= 0.6 is 0 Å². The van der Waals surface area contributed by atoms with Crippen molar-refractivity contribution in [2.24, 2.45) is 23.7 Å². The number of carbonyl (C=O) groups excluding carboxylic acids is 5. The van der Waals surface area contributed by atoms with Gasteiger partial charge in [0.05, 0.1) is 48.8 Å². The number of aliphatic hydroxyl groups is 8. The Kier molecular flexibility index (Phi) is 27.2. The first kappa shape index (κ1) is 65.9. The molecule has 8 unspecified atom stereocenters. The number of carbonyl (C=O) groups is 6. The van der Waals surface area contributed by atoms with Crippen molar-refractivity contribution in [3.05, 3.63) is 115 Å². The molecule has 79 heavy (non-hydrogen) atoms. The van der Waals surface area contributed by atoms with Crippen LogP contribution in [0.5, 0.6) is 0 Å². The molecule has 20 nitrogen and oxygen atoms in total. The minimum Gasteiger partial charge on any atom is -0.481 e. The molecule has 4 rings (SSSR count). The Morgan fingerprint density at radius 2 is 1.32 bits per heavy atom. The molecule has 0 aromatic heterocycles. The minimum atomic E-state index is -2.36. The van der Waals surface area contributed by atoms with Gasteiger partial charge in [-0.05, 0) is 68.7 Å². The van der Waals surface area contributed by atoms with Gasteiger partial charge < -0.3 is 70.6 Å². The van der Waals surface area contributed by atoms with Gasteiger partial charge in [0.15, 0.2) is 29.7 Å². The number of fused-ring (bicyclic) bond motifs is 2. The van der Waals surface area contributed by atoms with Gasteiger partial charge in [-0.1, -0.05) is 106 Å². The van der Waals surface area contributed by atoms with Gasteiger partial charge in [0.2, 0.25) is 0 Å². The summed E-state index contributed by atoms with van der Waals surface area (Å²) >= 11 is 0.